The van der Waals surface area contributed by atoms with Crippen molar-refractivity contribution < 1.29 is 14.3 Å². The van der Waals surface area contributed by atoms with E-state index in [9.17, 15) is 9.59 Å². The van der Waals surface area contributed by atoms with Gasteiger partial charge in [0.1, 0.15) is 0 Å². The third kappa shape index (κ3) is 5.50. The lowest BCUT2D eigenvalue weighted by molar-refractivity contribution is -0.144. The summed E-state index contributed by atoms with van der Waals surface area (Å²) in [5.74, 6) is -0.825. The van der Waals surface area contributed by atoms with Crippen molar-refractivity contribution in [3.63, 3.8) is 0 Å². The van der Waals surface area contributed by atoms with Crippen LogP contribution in [-0.2, 0) is 14.3 Å². The molecule has 5 nitrogen and oxygen atoms in total. The van der Waals surface area contributed by atoms with Crippen molar-refractivity contribution in [2.24, 2.45) is 0 Å². The van der Waals surface area contributed by atoms with Gasteiger partial charge in [-0.2, -0.15) is 0 Å². The molecule has 0 saturated heterocycles. The van der Waals surface area contributed by atoms with Gasteiger partial charge in [0.05, 0.1) is 11.4 Å². The third-order valence-corrected chi connectivity index (χ3v) is 7.67. The summed E-state index contributed by atoms with van der Waals surface area (Å²) in [5, 5.41) is 7.63. The maximum Gasteiger partial charge on any atom is 0.316 e. The van der Waals surface area contributed by atoms with Crippen LogP contribution in [0.4, 0.5) is 5.13 Å². The summed E-state index contributed by atoms with van der Waals surface area (Å²) >= 11 is 12.4. The van der Waals surface area contributed by atoms with E-state index in [-0.39, 0.29) is 12.4 Å². The lowest BCUT2D eigenvalue weighted by Crippen LogP contribution is -2.21. The van der Waals surface area contributed by atoms with Crippen LogP contribution >= 0.6 is 50.6 Å². The minimum Gasteiger partial charge on any atom is -0.455 e. The molecule has 0 radical (unpaired) electrons. The maximum atomic E-state index is 12.1. The number of anilines is 1. The molecule has 1 heterocycles. The van der Waals surface area contributed by atoms with Crippen LogP contribution in [0.3, 0.4) is 0 Å². The first-order valence-corrected chi connectivity index (χ1v) is 12.5. The van der Waals surface area contributed by atoms with Gasteiger partial charge in [-0.25, -0.2) is 4.98 Å². The number of thiazole rings is 1. The molecule has 4 rings (SSSR count). The van der Waals surface area contributed by atoms with Gasteiger partial charge in [-0.15, -0.1) is 23.1 Å². The van der Waals surface area contributed by atoms with Crippen LogP contribution in [0.1, 0.15) is 0 Å². The molecule has 0 bridgehead atoms. The van der Waals surface area contributed by atoms with Crippen LogP contribution in [0, 0.1) is 0 Å². The molecule has 0 aliphatic rings. The zero-order chi connectivity index (χ0) is 22.5. The van der Waals surface area contributed by atoms with Gasteiger partial charge in [0.2, 0.25) is 0 Å². The fourth-order valence-corrected chi connectivity index (χ4v) is 5.48. The summed E-state index contributed by atoms with van der Waals surface area (Å²) in [6, 6.07) is 19.3. The summed E-state index contributed by atoms with van der Waals surface area (Å²) in [7, 11) is 0. The smallest absolute Gasteiger partial charge is 0.316 e. The number of nitrogens with zero attached hydrogens (tertiary/aromatic N) is 1. The molecule has 0 unspecified atom stereocenters. The number of hydrogen-bond donors (Lipinski definition) is 1. The van der Waals surface area contributed by atoms with E-state index in [1.54, 1.807) is 11.4 Å². The van der Waals surface area contributed by atoms with Crippen molar-refractivity contribution in [1.82, 2.24) is 4.98 Å². The first-order chi connectivity index (χ1) is 15.5. The van der Waals surface area contributed by atoms with Crippen LogP contribution < -0.4 is 5.32 Å². The molecule has 0 spiro atoms. The highest BCUT2D eigenvalue weighted by molar-refractivity contribution is 9.10. The monoisotopic (exact) mass is 546 g/mol. The van der Waals surface area contributed by atoms with E-state index in [4.69, 9.17) is 16.3 Å². The average Bonchev–Trinajstić information content (AvgIpc) is 3.26. The van der Waals surface area contributed by atoms with Crippen LogP contribution in [0.25, 0.3) is 22.0 Å². The Morgan fingerprint density at radius 1 is 1.09 bits per heavy atom. The number of nitrogens with one attached hydrogen (secondary N) is 1. The molecule has 0 fully saturated rings. The minimum absolute atomic E-state index is 0.0954. The van der Waals surface area contributed by atoms with Crippen LogP contribution in [0.2, 0.25) is 5.02 Å². The highest BCUT2D eigenvalue weighted by atomic mass is 79.9. The normalized spacial score (nSPS) is 10.8. The number of hydrogen-bond acceptors (Lipinski definition) is 6. The Morgan fingerprint density at radius 3 is 2.72 bits per heavy atom. The van der Waals surface area contributed by atoms with Crippen molar-refractivity contribution >= 4 is 78.4 Å². The second-order valence-electron chi connectivity index (χ2n) is 6.61. The second kappa shape index (κ2) is 10.5. The predicted molar refractivity (Wildman–Crippen MR) is 135 cm³/mol. The summed E-state index contributed by atoms with van der Waals surface area (Å²) < 4.78 is 6.04. The number of halogens is 2. The lowest BCUT2D eigenvalue weighted by Gasteiger charge is -2.08. The van der Waals surface area contributed by atoms with Crippen LogP contribution in [0.15, 0.2) is 75.4 Å². The highest BCUT2D eigenvalue weighted by Gasteiger charge is 2.13. The second-order valence-corrected chi connectivity index (χ2v) is 9.69. The van der Waals surface area contributed by atoms with Crippen molar-refractivity contribution in [3.8, 4) is 11.3 Å². The number of aromatic nitrogens is 1. The summed E-state index contributed by atoms with van der Waals surface area (Å²) in [6.07, 6.45) is 0. The Balaban J connectivity index is 1.27. The van der Waals surface area contributed by atoms with Crippen molar-refractivity contribution in [1.29, 1.82) is 0 Å². The number of ether oxygens (including phenoxy) is 1. The molecule has 4 aromatic rings. The van der Waals surface area contributed by atoms with Gasteiger partial charge in [-0.1, -0.05) is 60.1 Å². The van der Waals surface area contributed by atoms with E-state index in [0.29, 0.717) is 15.8 Å². The third-order valence-electron chi connectivity index (χ3n) is 4.44. The van der Waals surface area contributed by atoms with Gasteiger partial charge >= 0.3 is 5.97 Å². The molecular formula is C23H16BrClN2O3S2. The van der Waals surface area contributed by atoms with Gasteiger partial charge in [0, 0.05) is 25.3 Å². The molecule has 9 heteroatoms. The van der Waals surface area contributed by atoms with E-state index in [2.05, 4.69) is 26.2 Å². The summed E-state index contributed by atoms with van der Waals surface area (Å²) in [5.41, 5.74) is 1.46. The van der Waals surface area contributed by atoms with E-state index < -0.39 is 11.9 Å². The molecule has 0 saturated carbocycles. The molecule has 1 amide bonds. The fraction of sp³-hybridized carbons (Fsp3) is 0.0870. The summed E-state index contributed by atoms with van der Waals surface area (Å²) in [4.78, 5) is 29.6. The molecule has 3 aromatic carbocycles. The Labute approximate surface area is 206 Å². The number of carbonyl (C=O) groups excluding carboxylic acids is 2. The lowest BCUT2D eigenvalue weighted by atomic mass is 10.1. The molecule has 0 aliphatic carbocycles. The van der Waals surface area contributed by atoms with Gasteiger partial charge in [0.15, 0.2) is 11.7 Å². The Kier molecular flexibility index (Phi) is 7.47. The number of carbonyl (C=O) groups is 2. The number of esters is 1. The van der Waals surface area contributed by atoms with Crippen molar-refractivity contribution in [3.05, 3.63) is 75.5 Å². The van der Waals surface area contributed by atoms with Gasteiger partial charge in [-0.3, -0.25) is 14.9 Å². The zero-order valence-corrected chi connectivity index (χ0v) is 20.5. The number of amides is 1. The average molecular weight is 548 g/mol. The molecule has 0 aliphatic heterocycles. The molecule has 0 atom stereocenters. The SMILES string of the molecule is O=C(COC(=O)CSc1ccc2ccccc2c1Br)Nc1nc(-c2ccccc2Cl)cs1. The number of rotatable bonds is 7. The predicted octanol–water partition coefficient (Wildman–Crippen LogP) is 6.65. The van der Waals surface area contributed by atoms with Crippen molar-refractivity contribution in [2.45, 2.75) is 4.90 Å². The maximum absolute atomic E-state index is 12.1. The topological polar surface area (TPSA) is 68.3 Å². The number of benzene rings is 3. The van der Waals surface area contributed by atoms with Crippen LogP contribution in [-0.4, -0.2) is 29.2 Å². The number of fused-ring (bicyclic) bond motifs is 1. The van der Waals surface area contributed by atoms with E-state index >= 15 is 0 Å². The van der Waals surface area contributed by atoms with E-state index in [1.807, 2.05) is 54.6 Å². The van der Waals surface area contributed by atoms with Crippen LogP contribution in [0.5, 0.6) is 0 Å². The Hall–Kier alpha value is -2.39. The quantitative estimate of drug-likeness (QED) is 0.207. The van der Waals surface area contributed by atoms with Gasteiger partial charge in [-0.05, 0) is 38.8 Å². The molecule has 1 aromatic heterocycles. The van der Waals surface area contributed by atoms with E-state index in [1.165, 1.54) is 23.1 Å². The fourth-order valence-electron chi connectivity index (χ4n) is 2.93. The Bertz CT molecular complexity index is 1300. The first-order valence-electron chi connectivity index (χ1n) is 9.47. The molecule has 1 N–H and O–H groups in total. The number of thioether (sulfide) groups is 1. The largest absolute Gasteiger partial charge is 0.455 e. The van der Waals surface area contributed by atoms with Gasteiger partial charge in [0.25, 0.3) is 5.91 Å². The minimum atomic E-state index is -0.471. The molecule has 32 heavy (non-hydrogen) atoms. The first kappa shape index (κ1) is 22.8. The standard InChI is InChI=1S/C23H16BrClN2O3S2/c24-22-15-6-2-1-5-14(15)9-10-19(22)31-13-21(29)30-11-20(28)27-23-26-18(12-32-23)16-7-3-4-8-17(16)25/h1-10,12H,11,13H2,(H,26,27,28). The van der Waals surface area contributed by atoms with Crippen molar-refractivity contribution in [2.75, 3.05) is 17.7 Å². The molecular weight excluding hydrogens is 532 g/mol. The Morgan fingerprint density at radius 2 is 1.88 bits per heavy atom. The molecule has 162 valence electrons. The highest BCUT2D eigenvalue weighted by Crippen LogP contribution is 2.34. The zero-order valence-electron chi connectivity index (χ0n) is 16.5. The van der Waals surface area contributed by atoms with E-state index in [0.717, 1.165) is 25.7 Å². The summed E-state index contributed by atoms with van der Waals surface area (Å²) in [6.45, 7) is -0.376. The van der Waals surface area contributed by atoms with Gasteiger partial charge < -0.3 is 4.74 Å².